The summed E-state index contributed by atoms with van der Waals surface area (Å²) in [5.74, 6) is -0.250. The Labute approximate surface area is 143 Å². The van der Waals surface area contributed by atoms with Crippen LogP contribution in [0, 0.1) is 4.77 Å². The lowest BCUT2D eigenvalue weighted by Gasteiger charge is -2.10. The van der Waals surface area contributed by atoms with Crippen molar-refractivity contribution in [1.29, 1.82) is 0 Å². The Morgan fingerprint density at radius 2 is 2.12 bits per heavy atom. The van der Waals surface area contributed by atoms with Crippen molar-refractivity contribution in [3.63, 3.8) is 0 Å². The van der Waals surface area contributed by atoms with Gasteiger partial charge in [-0.25, -0.2) is 9.36 Å². The standard InChI is InChI=1S/C14H11N3O5S2/c1-21-7-3-4-9(16-11(7)22-2)17-12(18)10-6(15-14(17)23)5-8(24-10)13(19)20/h3-5H,1-2H3,(H,15,23)(H,19,20). The number of nitrogens with zero attached hydrogens (tertiary/aromatic N) is 2. The number of pyridine rings is 1. The molecule has 24 heavy (non-hydrogen) atoms. The second kappa shape index (κ2) is 6.06. The fourth-order valence-corrected chi connectivity index (χ4v) is 3.33. The third kappa shape index (κ3) is 2.55. The Morgan fingerprint density at radius 1 is 1.38 bits per heavy atom. The maximum absolute atomic E-state index is 12.7. The van der Waals surface area contributed by atoms with Crippen molar-refractivity contribution < 1.29 is 19.4 Å². The quantitative estimate of drug-likeness (QED) is 0.683. The largest absolute Gasteiger partial charge is 0.491 e. The lowest BCUT2D eigenvalue weighted by molar-refractivity contribution is 0.0702. The Morgan fingerprint density at radius 3 is 2.75 bits per heavy atom. The molecule has 0 aliphatic heterocycles. The molecule has 0 bridgehead atoms. The molecule has 0 atom stereocenters. The van der Waals surface area contributed by atoms with Crippen LogP contribution in [0.15, 0.2) is 23.0 Å². The van der Waals surface area contributed by atoms with Gasteiger partial charge in [0.15, 0.2) is 10.5 Å². The molecule has 0 spiro atoms. The van der Waals surface area contributed by atoms with Crippen LogP contribution in [0.5, 0.6) is 11.6 Å². The van der Waals surface area contributed by atoms with Crippen molar-refractivity contribution in [3.05, 3.63) is 38.2 Å². The highest BCUT2D eigenvalue weighted by atomic mass is 32.1. The SMILES string of the molecule is COc1ccc(-n2c(=S)[nH]c3cc(C(=O)O)sc3c2=O)nc1OC. The van der Waals surface area contributed by atoms with E-state index in [9.17, 15) is 9.59 Å². The molecule has 10 heteroatoms. The number of aromatic carboxylic acids is 1. The molecule has 3 rings (SSSR count). The Bertz CT molecular complexity index is 1070. The number of aromatic amines is 1. The molecule has 0 saturated carbocycles. The minimum absolute atomic E-state index is 0.0470. The first-order valence-electron chi connectivity index (χ1n) is 6.58. The number of carboxylic acids is 1. The second-order valence-corrected chi connectivity index (χ2v) is 6.05. The average molecular weight is 365 g/mol. The van der Waals surface area contributed by atoms with E-state index in [4.69, 9.17) is 26.8 Å². The van der Waals surface area contributed by atoms with Crippen LogP contribution < -0.4 is 15.0 Å². The summed E-state index contributed by atoms with van der Waals surface area (Å²) in [4.78, 5) is 30.9. The van der Waals surface area contributed by atoms with Gasteiger partial charge in [-0.1, -0.05) is 0 Å². The molecule has 0 aromatic carbocycles. The minimum Gasteiger partial charge on any atom is -0.491 e. The van der Waals surface area contributed by atoms with E-state index in [1.807, 2.05) is 0 Å². The van der Waals surface area contributed by atoms with Gasteiger partial charge in [-0.3, -0.25) is 4.79 Å². The van der Waals surface area contributed by atoms with Crippen LogP contribution in [-0.4, -0.2) is 39.8 Å². The van der Waals surface area contributed by atoms with Crippen LogP contribution in [0.4, 0.5) is 0 Å². The zero-order valence-electron chi connectivity index (χ0n) is 12.5. The highest BCUT2D eigenvalue weighted by Crippen LogP contribution is 2.26. The van der Waals surface area contributed by atoms with E-state index in [1.54, 1.807) is 12.1 Å². The molecule has 8 nitrogen and oxygen atoms in total. The van der Waals surface area contributed by atoms with Crippen LogP contribution >= 0.6 is 23.6 Å². The highest BCUT2D eigenvalue weighted by Gasteiger charge is 2.16. The molecule has 0 aliphatic rings. The van der Waals surface area contributed by atoms with Gasteiger partial charge < -0.3 is 19.6 Å². The summed E-state index contributed by atoms with van der Waals surface area (Å²) < 4.78 is 11.8. The Hall–Kier alpha value is -2.72. The number of nitrogens with one attached hydrogen (secondary N) is 1. The number of hydrogen-bond acceptors (Lipinski definition) is 7. The summed E-state index contributed by atoms with van der Waals surface area (Å²) in [6, 6.07) is 4.54. The molecule has 0 saturated heterocycles. The van der Waals surface area contributed by atoms with Crippen molar-refractivity contribution in [3.8, 4) is 17.4 Å². The summed E-state index contributed by atoms with van der Waals surface area (Å²) >= 11 is 6.09. The van der Waals surface area contributed by atoms with E-state index in [-0.39, 0.29) is 26.0 Å². The number of H-pyrrole nitrogens is 1. The number of carboxylic acid groups (broad SMARTS) is 1. The molecule has 0 unspecified atom stereocenters. The third-order valence-corrected chi connectivity index (χ3v) is 4.63. The van der Waals surface area contributed by atoms with E-state index in [0.29, 0.717) is 11.3 Å². The second-order valence-electron chi connectivity index (χ2n) is 4.61. The number of carbonyl (C=O) groups is 1. The van der Waals surface area contributed by atoms with E-state index < -0.39 is 11.5 Å². The van der Waals surface area contributed by atoms with Crippen LogP contribution in [0.2, 0.25) is 0 Å². The van der Waals surface area contributed by atoms with E-state index in [0.717, 1.165) is 11.3 Å². The van der Waals surface area contributed by atoms with Crippen molar-refractivity contribution in [2.75, 3.05) is 14.2 Å². The fourth-order valence-electron chi connectivity index (χ4n) is 2.17. The van der Waals surface area contributed by atoms with E-state index in [1.165, 1.54) is 24.9 Å². The Balaban J connectivity index is 2.28. The molecule has 0 fully saturated rings. The first-order valence-corrected chi connectivity index (χ1v) is 7.80. The predicted molar refractivity (Wildman–Crippen MR) is 90.5 cm³/mol. The van der Waals surface area contributed by atoms with Crippen LogP contribution in [-0.2, 0) is 0 Å². The summed E-state index contributed by atoms with van der Waals surface area (Å²) in [5, 5.41) is 9.08. The van der Waals surface area contributed by atoms with Gasteiger partial charge in [-0.05, 0) is 30.4 Å². The number of hydrogen-bond donors (Lipinski definition) is 2. The maximum Gasteiger partial charge on any atom is 0.345 e. The fraction of sp³-hybridized carbons (Fsp3) is 0.143. The molecule has 0 radical (unpaired) electrons. The third-order valence-electron chi connectivity index (χ3n) is 3.24. The molecular weight excluding hydrogens is 354 g/mol. The number of aromatic nitrogens is 3. The first kappa shape index (κ1) is 16.1. The van der Waals surface area contributed by atoms with E-state index in [2.05, 4.69) is 9.97 Å². The molecule has 3 aromatic heterocycles. The molecule has 0 amide bonds. The highest BCUT2D eigenvalue weighted by molar-refractivity contribution is 7.71. The zero-order chi connectivity index (χ0) is 17.4. The maximum atomic E-state index is 12.7. The number of methoxy groups -OCH3 is 2. The molecule has 3 heterocycles. The van der Waals surface area contributed by atoms with Gasteiger partial charge in [0.05, 0.1) is 19.7 Å². The van der Waals surface area contributed by atoms with Gasteiger partial charge in [0.25, 0.3) is 11.4 Å². The van der Waals surface area contributed by atoms with Crippen LogP contribution in [0.3, 0.4) is 0 Å². The van der Waals surface area contributed by atoms with Gasteiger partial charge in [-0.15, -0.1) is 11.3 Å². The van der Waals surface area contributed by atoms with Crippen molar-refractivity contribution in [2.24, 2.45) is 0 Å². The van der Waals surface area contributed by atoms with Gasteiger partial charge in [-0.2, -0.15) is 4.98 Å². The normalized spacial score (nSPS) is 10.8. The lowest BCUT2D eigenvalue weighted by Crippen LogP contribution is -2.20. The number of rotatable bonds is 4. The molecule has 2 N–H and O–H groups in total. The number of thiophene rings is 1. The number of fused-ring (bicyclic) bond motifs is 1. The van der Waals surface area contributed by atoms with Gasteiger partial charge in [0.1, 0.15) is 15.4 Å². The van der Waals surface area contributed by atoms with Crippen molar-refractivity contribution >= 4 is 39.7 Å². The van der Waals surface area contributed by atoms with Crippen molar-refractivity contribution in [1.82, 2.24) is 14.5 Å². The molecular formula is C14H11N3O5S2. The van der Waals surface area contributed by atoms with Gasteiger partial charge >= 0.3 is 5.97 Å². The predicted octanol–water partition coefficient (Wildman–Crippen LogP) is 2.22. The summed E-state index contributed by atoms with van der Waals surface area (Å²) in [7, 11) is 2.91. The van der Waals surface area contributed by atoms with Crippen molar-refractivity contribution in [2.45, 2.75) is 0 Å². The number of ether oxygens (including phenoxy) is 2. The topological polar surface area (TPSA) is 106 Å². The summed E-state index contributed by atoms with van der Waals surface area (Å²) in [5.41, 5.74) is -0.0740. The monoisotopic (exact) mass is 365 g/mol. The van der Waals surface area contributed by atoms with Crippen LogP contribution in [0.1, 0.15) is 9.67 Å². The molecule has 0 aliphatic carbocycles. The summed E-state index contributed by atoms with van der Waals surface area (Å²) in [6.07, 6.45) is 0. The van der Waals surface area contributed by atoms with Gasteiger partial charge in [0.2, 0.25) is 0 Å². The van der Waals surface area contributed by atoms with Crippen LogP contribution in [0.25, 0.3) is 16.0 Å². The minimum atomic E-state index is -1.11. The molecule has 124 valence electrons. The molecule has 3 aromatic rings. The summed E-state index contributed by atoms with van der Waals surface area (Å²) in [6.45, 7) is 0. The Kier molecular flexibility index (Phi) is 4.08. The van der Waals surface area contributed by atoms with E-state index >= 15 is 0 Å². The first-order chi connectivity index (χ1) is 11.5. The zero-order valence-corrected chi connectivity index (χ0v) is 14.2. The smallest absolute Gasteiger partial charge is 0.345 e. The lowest BCUT2D eigenvalue weighted by atomic mass is 10.4. The average Bonchev–Trinajstić information content (AvgIpc) is 2.99. The van der Waals surface area contributed by atoms with Gasteiger partial charge in [0, 0.05) is 0 Å².